The number of nitro benzene ring substituents is 1. The van der Waals surface area contributed by atoms with E-state index in [1.54, 1.807) is 42.7 Å². The van der Waals surface area contributed by atoms with Crippen LogP contribution in [0.25, 0.3) is 27.7 Å². The summed E-state index contributed by atoms with van der Waals surface area (Å²) in [6, 6.07) is 11.3. The Morgan fingerprint density at radius 3 is 2.78 bits per heavy atom. The maximum absolute atomic E-state index is 12.4. The van der Waals surface area contributed by atoms with Crippen LogP contribution in [0.3, 0.4) is 0 Å². The van der Waals surface area contributed by atoms with Crippen molar-refractivity contribution in [3.63, 3.8) is 0 Å². The Morgan fingerprint density at radius 1 is 1.15 bits per heavy atom. The largest absolute Gasteiger partial charge is 0.279 e. The van der Waals surface area contributed by atoms with Gasteiger partial charge >= 0.3 is 0 Å². The third kappa shape index (κ3) is 3.35. The molecule has 0 radical (unpaired) electrons. The number of benzene rings is 1. The molecule has 0 aliphatic heterocycles. The molecule has 9 heteroatoms. The number of fused-ring (bicyclic) bond motifs is 1. The molecule has 0 aliphatic carbocycles. The third-order valence-corrected chi connectivity index (χ3v) is 4.67. The van der Waals surface area contributed by atoms with E-state index in [4.69, 9.17) is 0 Å². The number of hydrogen-bond acceptors (Lipinski definition) is 7. The zero-order valence-corrected chi connectivity index (χ0v) is 14.5. The van der Waals surface area contributed by atoms with Crippen LogP contribution < -0.4 is 5.56 Å². The Balaban J connectivity index is 1.78. The number of rotatable bonds is 4. The monoisotopic (exact) mass is 377 g/mol. The Kier molecular flexibility index (Phi) is 4.27. The highest BCUT2D eigenvalue weighted by atomic mass is 32.1. The van der Waals surface area contributed by atoms with Crippen LogP contribution >= 0.6 is 11.3 Å². The minimum atomic E-state index is -0.473. The molecule has 27 heavy (non-hydrogen) atoms. The summed E-state index contributed by atoms with van der Waals surface area (Å²) in [4.78, 5) is 31.9. The smallest absolute Gasteiger partial charge is 0.267 e. The van der Waals surface area contributed by atoms with Gasteiger partial charge < -0.3 is 0 Å². The lowest BCUT2D eigenvalue weighted by molar-refractivity contribution is -0.384. The van der Waals surface area contributed by atoms with Crippen molar-refractivity contribution in [2.75, 3.05) is 0 Å². The summed E-state index contributed by atoms with van der Waals surface area (Å²) in [5.41, 5.74) is 1.28. The van der Waals surface area contributed by atoms with Crippen LogP contribution in [-0.4, -0.2) is 24.5 Å². The number of nitro groups is 1. The average molecular weight is 377 g/mol. The van der Waals surface area contributed by atoms with E-state index in [9.17, 15) is 14.9 Å². The summed E-state index contributed by atoms with van der Waals surface area (Å²) < 4.78 is 1.15. The summed E-state index contributed by atoms with van der Waals surface area (Å²) in [7, 11) is 0. The molecule has 0 saturated heterocycles. The lowest BCUT2D eigenvalue weighted by Crippen LogP contribution is -2.14. The van der Waals surface area contributed by atoms with Crippen LogP contribution in [0.1, 0.15) is 11.3 Å². The fourth-order valence-corrected chi connectivity index (χ4v) is 3.44. The molecule has 3 heterocycles. The lowest BCUT2D eigenvalue weighted by atomic mass is 10.2. The van der Waals surface area contributed by atoms with Crippen LogP contribution in [0.15, 0.2) is 59.7 Å². The fraction of sp³-hybridized carbons (Fsp3) is 0. The second-order valence-electron chi connectivity index (χ2n) is 5.51. The first kappa shape index (κ1) is 16.7. The van der Waals surface area contributed by atoms with E-state index in [0.717, 1.165) is 21.4 Å². The number of nitrogens with zero attached hydrogens (tertiary/aromatic N) is 5. The molecule has 1 aromatic carbocycles. The molecule has 0 spiro atoms. The Morgan fingerprint density at radius 2 is 2.00 bits per heavy atom. The summed E-state index contributed by atoms with van der Waals surface area (Å²) in [5, 5.41) is 15.8. The van der Waals surface area contributed by atoms with Gasteiger partial charge in [-0.15, -0.1) is 0 Å². The molecular weight excluding hydrogens is 366 g/mol. The normalized spacial score (nSPS) is 11.3. The molecule has 132 valence electrons. The molecule has 0 aliphatic rings. The van der Waals surface area contributed by atoms with Crippen LogP contribution in [-0.2, 0) is 0 Å². The fourth-order valence-electron chi connectivity index (χ4n) is 2.49. The molecule has 0 atom stereocenters. The first-order valence-corrected chi connectivity index (χ1v) is 8.66. The van der Waals surface area contributed by atoms with Crippen LogP contribution in [0.5, 0.6) is 0 Å². The van der Waals surface area contributed by atoms with E-state index in [-0.39, 0.29) is 11.2 Å². The number of hydrogen-bond donors (Lipinski definition) is 0. The van der Waals surface area contributed by atoms with Crippen molar-refractivity contribution in [1.82, 2.24) is 19.6 Å². The van der Waals surface area contributed by atoms with Gasteiger partial charge in [0.15, 0.2) is 5.01 Å². The van der Waals surface area contributed by atoms with Crippen molar-refractivity contribution in [1.29, 1.82) is 0 Å². The summed E-state index contributed by atoms with van der Waals surface area (Å²) in [6.45, 7) is 0. The van der Waals surface area contributed by atoms with Gasteiger partial charge in [-0.1, -0.05) is 35.6 Å². The summed E-state index contributed by atoms with van der Waals surface area (Å²) >= 11 is 1.12. The molecule has 0 saturated carbocycles. The van der Waals surface area contributed by atoms with Crippen molar-refractivity contribution in [3.8, 4) is 10.6 Å². The minimum absolute atomic E-state index is 0.0682. The maximum Gasteiger partial charge on any atom is 0.279 e. The average Bonchev–Trinajstić information content (AvgIpc) is 3.12. The van der Waals surface area contributed by atoms with E-state index in [0.29, 0.717) is 21.2 Å². The number of para-hydroxylation sites is 1. The SMILES string of the molecule is O=c1cc(C=Cc2cccnc2)nc2sc(-c3ccccc3[N+](=O)[O-])nn12. The second-order valence-corrected chi connectivity index (χ2v) is 6.47. The van der Waals surface area contributed by atoms with Gasteiger partial charge in [-0.05, 0) is 23.8 Å². The highest BCUT2D eigenvalue weighted by Crippen LogP contribution is 2.32. The van der Waals surface area contributed by atoms with E-state index < -0.39 is 4.92 Å². The Hall–Kier alpha value is -3.72. The van der Waals surface area contributed by atoms with Gasteiger partial charge in [-0.2, -0.15) is 9.61 Å². The molecule has 3 aromatic heterocycles. The van der Waals surface area contributed by atoms with Crippen molar-refractivity contribution >= 4 is 34.1 Å². The van der Waals surface area contributed by atoms with Crippen molar-refractivity contribution in [2.24, 2.45) is 0 Å². The van der Waals surface area contributed by atoms with Gasteiger partial charge in [0.05, 0.1) is 16.2 Å². The van der Waals surface area contributed by atoms with Gasteiger partial charge in [0.25, 0.3) is 11.2 Å². The van der Waals surface area contributed by atoms with Crippen LogP contribution in [0, 0.1) is 10.1 Å². The zero-order valence-electron chi connectivity index (χ0n) is 13.7. The number of aromatic nitrogens is 4. The molecule has 0 amide bonds. The molecule has 0 bridgehead atoms. The van der Waals surface area contributed by atoms with Gasteiger partial charge in [-0.3, -0.25) is 19.9 Å². The Bertz CT molecular complexity index is 1230. The van der Waals surface area contributed by atoms with Crippen molar-refractivity contribution in [2.45, 2.75) is 0 Å². The molecule has 8 nitrogen and oxygen atoms in total. The predicted molar refractivity (Wildman–Crippen MR) is 102 cm³/mol. The lowest BCUT2D eigenvalue weighted by Gasteiger charge is -1.96. The third-order valence-electron chi connectivity index (χ3n) is 3.73. The summed E-state index contributed by atoms with van der Waals surface area (Å²) in [5.74, 6) is 0. The topological polar surface area (TPSA) is 103 Å². The van der Waals surface area contributed by atoms with Gasteiger partial charge in [0.1, 0.15) is 0 Å². The first-order valence-electron chi connectivity index (χ1n) is 7.84. The molecule has 4 aromatic rings. The summed E-state index contributed by atoms with van der Waals surface area (Å²) in [6.07, 6.45) is 6.88. The van der Waals surface area contributed by atoms with Crippen molar-refractivity contribution in [3.05, 3.63) is 86.6 Å². The molecular formula is C18H11N5O3S. The van der Waals surface area contributed by atoms with E-state index in [1.165, 1.54) is 12.1 Å². The number of pyridine rings is 1. The predicted octanol–water partition coefficient (Wildman–Crippen LogP) is 3.29. The maximum atomic E-state index is 12.4. The zero-order chi connectivity index (χ0) is 18.8. The minimum Gasteiger partial charge on any atom is -0.267 e. The van der Waals surface area contributed by atoms with Gasteiger partial charge in [0.2, 0.25) is 4.96 Å². The second kappa shape index (κ2) is 6.89. The molecule has 4 rings (SSSR count). The Labute approximate surface area is 156 Å². The molecule has 0 N–H and O–H groups in total. The van der Waals surface area contributed by atoms with E-state index in [2.05, 4.69) is 15.1 Å². The van der Waals surface area contributed by atoms with Crippen LogP contribution in [0.2, 0.25) is 0 Å². The van der Waals surface area contributed by atoms with Crippen molar-refractivity contribution < 1.29 is 4.92 Å². The van der Waals surface area contributed by atoms with Gasteiger partial charge in [0, 0.05) is 24.5 Å². The standard InChI is InChI=1S/C18H11N5O3S/c24-16-10-13(8-7-12-4-3-9-19-11-12)20-18-22(16)21-17(27-18)14-5-1-2-6-15(14)23(25)26/h1-11H. The quantitative estimate of drug-likeness (QED) is 0.399. The highest BCUT2D eigenvalue weighted by Gasteiger charge is 2.19. The van der Waals surface area contributed by atoms with Gasteiger partial charge in [-0.25, -0.2) is 4.98 Å². The highest BCUT2D eigenvalue weighted by molar-refractivity contribution is 7.19. The van der Waals surface area contributed by atoms with E-state index >= 15 is 0 Å². The van der Waals surface area contributed by atoms with Crippen LogP contribution in [0.4, 0.5) is 5.69 Å². The molecule has 0 fully saturated rings. The molecule has 0 unspecified atom stereocenters. The van der Waals surface area contributed by atoms with E-state index in [1.807, 2.05) is 12.1 Å². The first-order chi connectivity index (χ1) is 13.1.